The summed E-state index contributed by atoms with van der Waals surface area (Å²) in [5.41, 5.74) is 4.29. The van der Waals surface area contributed by atoms with Crippen molar-refractivity contribution in [2.75, 3.05) is 11.2 Å². The van der Waals surface area contributed by atoms with Crippen LogP contribution >= 0.6 is 11.8 Å². The molecule has 3 rings (SSSR count). The van der Waals surface area contributed by atoms with E-state index in [1.54, 1.807) is 17.8 Å². The summed E-state index contributed by atoms with van der Waals surface area (Å²) >= 11 is 1.62. The average molecular weight is 313 g/mol. The Balaban J connectivity index is 2.10. The first-order chi connectivity index (χ1) is 10.6. The number of thioether (sulfide) groups is 1. The zero-order chi connectivity index (χ0) is 15.7. The highest BCUT2D eigenvalue weighted by molar-refractivity contribution is 7.98. The second-order valence-electron chi connectivity index (χ2n) is 4.70. The monoisotopic (exact) mass is 313 g/mol. The molecule has 1 aliphatic heterocycles. The fourth-order valence-corrected chi connectivity index (χ4v) is 2.89. The van der Waals surface area contributed by atoms with Gasteiger partial charge in [-0.3, -0.25) is 10.3 Å². The molecule has 0 bridgehead atoms. The van der Waals surface area contributed by atoms with E-state index < -0.39 is 0 Å². The molecule has 0 radical (unpaired) electrons. The van der Waals surface area contributed by atoms with Crippen LogP contribution in [-0.4, -0.2) is 22.3 Å². The van der Waals surface area contributed by atoms with Crippen LogP contribution in [-0.2, 0) is 0 Å². The highest BCUT2D eigenvalue weighted by Crippen LogP contribution is 2.35. The van der Waals surface area contributed by atoms with Gasteiger partial charge in [0, 0.05) is 11.0 Å². The van der Waals surface area contributed by atoms with E-state index in [1.807, 2.05) is 35.4 Å². The van der Waals surface area contributed by atoms with Crippen molar-refractivity contribution in [1.82, 2.24) is 5.43 Å². The van der Waals surface area contributed by atoms with Gasteiger partial charge in [-0.1, -0.05) is 18.7 Å². The Hall–Kier alpha value is -2.60. The van der Waals surface area contributed by atoms with Crippen LogP contribution < -0.4 is 10.3 Å². The van der Waals surface area contributed by atoms with Gasteiger partial charge in [0.2, 0.25) is 0 Å². The molecule has 0 atom stereocenters. The zero-order valence-electron chi connectivity index (χ0n) is 11.9. The van der Waals surface area contributed by atoms with E-state index in [1.165, 1.54) is 12.1 Å². The lowest BCUT2D eigenvalue weighted by Gasteiger charge is -2.23. The maximum atomic E-state index is 10.1. The molecule has 0 unspecified atom stereocenters. The smallest absolute Gasteiger partial charge is 0.170 e. The first kappa shape index (κ1) is 14.3. The summed E-state index contributed by atoms with van der Waals surface area (Å²) in [6.07, 6.45) is 2.00. The molecule has 0 fully saturated rings. The Bertz CT molecular complexity index is 774. The average Bonchev–Trinajstić information content (AvgIpc) is 2.88. The SMILES string of the molecule is C=C1NN=C(c2ccc(O)cc2O)N1c1ccccc1SC. The summed E-state index contributed by atoms with van der Waals surface area (Å²) < 4.78 is 0. The van der Waals surface area contributed by atoms with Crippen LogP contribution in [0.15, 0.2) is 64.9 Å². The quantitative estimate of drug-likeness (QED) is 0.760. The van der Waals surface area contributed by atoms with E-state index in [0.717, 1.165) is 10.6 Å². The third kappa shape index (κ3) is 2.37. The fourth-order valence-electron chi connectivity index (χ4n) is 2.31. The molecule has 0 saturated carbocycles. The van der Waals surface area contributed by atoms with E-state index in [9.17, 15) is 10.2 Å². The molecule has 5 nitrogen and oxygen atoms in total. The molecule has 0 amide bonds. The Morgan fingerprint density at radius 2 is 1.95 bits per heavy atom. The van der Waals surface area contributed by atoms with Crippen molar-refractivity contribution in [2.45, 2.75) is 4.90 Å². The molecule has 0 spiro atoms. The van der Waals surface area contributed by atoms with E-state index >= 15 is 0 Å². The number of aromatic hydroxyl groups is 2. The summed E-state index contributed by atoms with van der Waals surface area (Å²) in [6, 6.07) is 12.3. The lowest BCUT2D eigenvalue weighted by atomic mass is 10.1. The van der Waals surface area contributed by atoms with Crippen molar-refractivity contribution in [2.24, 2.45) is 5.10 Å². The second kappa shape index (κ2) is 5.65. The van der Waals surface area contributed by atoms with Crippen molar-refractivity contribution >= 4 is 23.3 Å². The minimum atomic E-state index is -0.0399. The van der Waals surface area contributed by atoms with Gasteiger partial charge in [0.25, 0.3) is 0 Å². The number of nitrogens with one attached hydrogen (secondary N) is 1. The molecule has 112 valence electrons. The number of amidine groups is 1. The van der Waals surface area contributed by atoms with Crippen LogP contribution in [0.4, 0.5) is 5.69 Å². The predicted octanol–water partition coefficient (Wildman–Crippen LogP) is 3.06. The minimum absolute atomic E-state index is 0.00250. The van der Waals surface area contributed by atoms with Crippen LogP contribution in [0.3, 0.4) is 0 Å². The predicted molar refractivity (Wildman–Crippen MR) is 89.3 cm³/mol. The van der Waals surface area contributed by atoms with Gasteiger partial charge in [-0.05, 0) is 30.5 Å². The number of hydrogen-bond donors (Lipinski definition) is 3. The third-order valence-corrected chi connectivity index (χ3v) is 4.11. The molecular weight excluding hydrogens is 298 g/mol. The topological polar surface area (TPSA) is 68.1 Å². The van der Waals surface area contributed by atoms with E-state index in [-0.39, 0.29) is 11.5 Å². The van der Waals surface area contributed by atoms with Crippen LogP contribution in [0.1, 0.15) is 5.56 Å². The lowest BCUT2D eigenvalue weighted by molar-refractivity contribution is 0.450. The number of phenolic OH excluding ortho intramolecular Hbond substituents is 2. The lowest BCUT2D eigenvalue weighted by Crippen LogP contribution is -2.28. The second-order valence-corrected chi connectivity index (χ2v) is 5.55. The molecule has 1 aliphatic rings. The van der Waals surface area contributed by atoms with Crippen molar-refractivity contribution < 1.29 is 10.2 Å². The van der Waals surface area contributed by atoms with Crippen LogP contribution in [0.25, 0.3) is 0 Å². The number of hydrogen-bond acceptors (Lipinski definition) is 6. The molecule has 22 heavy (non-hydrogen) atoms. The van der Waals surface area contributed by atoms with Crippen LogP contribution in [0.2, 0.25) is 0 Å². The number of para-hydroxylation sites is 1. The Morgan fingerprint density at radius 3 is 2.68 bits per heavy atom. The third-order valence-electron chi connectivity index (χ3n) is 3.32. The molecule has 6 heteroatoms. The van der Waals surface area contributed by atoms with Gasteiger partial charge < -0.3 is 10.2 Å². The molecule has 1 heterocycles. The van der Waals surface area contributed by atoms with Crippen LogP contribution in [0, 0.1) is 0 Å². The standard InChI is InChI=1S/C16H15N3O2S/c1-10-17-18-16(12-8-7-11(20)9-14(12)21)19(10)13-5-3-4-6-15(13)22-2/h3-9,17,20-21H,1H2,2H3. The van der Waals surface area contributed by atoms with Crippen molar-refractivity contribution in [3.05, 3.63) is 60.4 Å². The molecule has 3 N–H and O–H groups in total. The largest absolute Gasteiger partial charge is 0.508 e. The highest BCUT2D eigenvalue weighted by atomic mass is 32.2. The maximum Gasteiger partial charge on any atom is 0.170 e. The van der Waals surface area contributed by atoms with Gasteiger partial charge in [0.05, 0.1) is 11.3 Å². The molecular formula is C16H15N3O2S. The van der Waals surface area contributed by atoms with E-state index in [2.05, 4.69) is 17.1 Å². The van der Waals surface area contributed by atoms with Crippen LogP contribution in [0.5, 0.6) is 11.5 Å². The first-order valence-corrected chi connectivity index (χ1v) is 7.82. The summed E-state index contributed by atoms with van der Waals surface area (Å²) in [6.45, 7) is 3.97. The summed E-state index contributed by atoms with van der Waals surface area (Å²) in [5.74, 6) is 1.09. The molecule has 2 aromatic rings. The van der Waals surface area contributed by atoms with Gasteiger partial charge in [-0.15, -0.1) is 11.8 Å². The minimum Gasteiger partial charge on any atom is -0.508 e. The van der Waals surface area contributed by atoms with Crippen molar-refractivity contribution in [3.63, 3.8) is 0 Å². The van der Waals surface area contributed by atoms with Gasteiger partial charge >= 0.3 is 0 Å². The van der Waals surface area contributed by atoms with Gasteiger partial charge in [-0.2, -0.15) is 5.10 Å². The van der Waals surface area contributed by atoms with Crippen molar-refractivity contribution in [1.29, 1.82) is 0 Å². The van der Waals surface area contributed by atoms with Gasteiger partial charge in [0.15, 0.2) is 5.84 Å². The first-order valence-electron chi connectivity index (χ1n) is 6.60. The number of nitrogens with zero attached hydrogens (tertiary/aromatic N) is 2. The number of phenols is 2. The summed E-state index contributed by atoms with van der Waals surface area (Å²) in [7, 11) is 0. The Morgan fingerprint density at radius 1 is 1.18 bits per heavy atom. The molecule has 0 aliphatic carbocycles. The number of rotatable bonds is 3. The van der Waals surface area contributed by atoms with E-state index in [0.29, 0.717) is 17.2 Å². The molecule has 0 aromatic heterocycles. The highest BCUT2D eigenvalue weighted by Gasteiger charge is 2.27. The number of anilines is 1. The fraction of sp³-hybridized carbons (Fsp3) is 0.0625. The summed E-state index contributed by atoms with van der Waals surface area (Å²) in [4.78, 5) is 2.91. The van der Waals surface area contributed by atoms with E-state index in [4.69, 9.17) is 0 Å². The number of benzene rings is 2. The molecule has 0 saturated heterocycles. The Labute approximate surface area is 132 Å². The van der Waals surface area contributed by atoms with Crippen molar-refractivity contribution in [3.8, 4) is 11.5 Å². The number of hydrazone groups is 1. The summed E-state index contributed by atoms with van der Waals surface area (Å²) in [5, 5.41) is 23.8. The normalized spacial score (nSPS) is 14.0. The Kier molecular flexibility index (Phi) is 3.68. The maximum absolute atomic E-state index is 10.1. The molecule has 2 aromatic carbocycles. The zero-order valence-corrected chi connectivity index (χ0v) is 12.8. The van der Waals surface area contributed by atoms with Gasteiger partial charge in [0.1, 0.15) is 17.3 Å². The van der Waals surface area contributed by atoms with Gasteiger partial charge in [-0.25, -0.2) is 0 Å².